The molecule has 5 heteroatoms. The van der Waals surface area contributed by atoms with E-state index in [0.717, 1.165) is 0 Å². The number of amides is 1. The van der Waals surface area contributed by atoms with Gasteiger partial charge in [0.1, 0.15) is 4.60 Å². The van der Waals surface area contributed by atoms with Crippen molar-refractivity contribution >= 4 is 21.8 Å². The maximum absolute atomic E-state index is 10.5. The van der Waals surface area contributed by atoms with Crippen LogP contribution < -0.4 is 5.73 Å². The Morgan fingerprint density at radius 2 is 2.10 bits per heavy atom. The number of aromatic nitrogens is 2. The predicted octanol–water partition coefficient (Wildman–Crippen LogP) is 0.338. The number of carbonyl (C=O) groups is 1. The summed E-state index contributed by atoms with van der Waals surface area (Å²) in [5.74, 6) is -0.583. The summed E-state index contributed by atoms with van der Waals surface area (Å²) < 4.78 is 0.377. The van der Waals surface area contributed by atoms with Gasteiger partial charge in [-0.25, -0.2) is 9.97 Å². The molecular formula is C5H4BrN3O. The number of rotatable bonds is 1. The lowest BCUT2D eigenvalue weighted by molar-refractivity contribution is 0.0994. The van der Waals surface area contributed by atoms with Gasteiger partial charge in [-0.2, -0.15) is 0 Å². The second-order valence-electron chi connectivity index (χ2n) is 1.56. The lowest BCUT2D eigenvalue weighted by atomic mass is 10.4. The first-order valence-electron chi connectivity index (χ1n) is 2.48. The van der Waals surface area contributed by atoms with Gasteiger partial charge in [0.25, 0.3) is 5.91 Å². The van der Waals surface area contributed by atoms with Crippen molar-refractivity contribution in [2.24, 2.45) is 5.73 Å². The molecule has 0 aliphatic heterocycles. The van der Waals surface area contributed by atoms with Crippen molar-refractivity contribution in [3.05, 3.63) is 22.7 Å². The molecule has 0 radical (unpaired) electrons. The van der Waals surface area contributed by atoms with Crippen LogP contribution in [-0.4, -0.2) is 15.9 Å². The number of hydrogen-bond donors (Lipinski definition) is 1. The van der Waals surface area contributed by atoms with E-state index < -0.39 is 5.91 Å². The smallest absolute Gasteiger partial charge is 0.270 e. The quantitative estimate of drug-likeness (QED) is 0.713. The van der Waals surface area contributed by atoms with Crippen LogP contribution >= 0.6 is 15.9 Å². The first-order chi connectivity index (χ1) is 4.72. The average Bonchev–Trinajstić information content (AvgIpc) is 1.88. The normalized spacial score (nSPS) is 9.30. The van der Waals surface area contributed by atoms with Crippen LogP contribution in [0.2, 0.25) is 0 Å². The van der Waals surface area contributed by atoms with Crippen molar-refractivity contribution in [1.82, 2.24) is 9.97 Å². The number of halogens is 1. The van der Waals surface area contributed by atoms with Crippen molar-refractivity contribution < 1.29 is 4.79 Å². The van der Waals surface area contributed by atoms with Crippen LogP contribution in [0, 0.1) is 0 Å². The highest BCUT2D eigenvalue weighted by molar-refractivity contribution is 9.10. The van der Waals surface area contributed by atoms with Crippen LogP contribution in [0.3, 0.4) is 0 Å². The second kappa shape index (κ2) is 2.74. The van der Waals surface area contributed by atoms with E-state index in [1.54, 1.807) is 0 Å². The van der Waals surface area contributed by atoms with Gasteiger partial charge in [0.05, 0.1) is 0 Å². The van der Waals surface area contributed by atoms with Crippen LogP contribution in [-0.2, 0) is 0 Å². The summed E-state index contributed by atoms with van der Waals surface area (Å²) in [4.78, 5) is 18.0. The Hall–Kier alpha value is -0.970. The lowest BCUT2D eigenvalue weighted by Gasteiger charge is -1.93. The van der Waals surface area contributed by atoms with Crippen LogP contribution in [0.25, 0.3) is 0 Å². The highest BCUT2D eigenvalue weighted by atomic mass is 79.9. The van der Waals surface area contributed by atoms with Gasteiger partial charge in [0.15, 0.2) is 5.69 Å². The Balaban J connectivity index is 3.15. The molecule has 0 saturated heterocycles. The van der Waals surface area contributed by atoms with Crippen LogP contribution in [0.4, 0.5) is 0 Å². The van der Waals surface area contributed by atoms with E-state index in [4.69, 9.17) is 5.73 Å². The van der Waals surface area contributed by atoms with Gasteiger partial charge in [-0.05, 0) is 15.9 Å². The van der Waals surface area contributed by atoms with E-state index in [0.29, 0.717) is 4.60 Å². The molecule has 0 atom stereocenters. The SMILES string of the molecule is NC(=O)c1nccnc1Br. The fourth-order valence-corrected chi connectivity index (χ4v) is 0.902. The van der Waals surface area contributed by atoms with E-state index in [1.807, 2.05) is 0 Å². The zero-order chi connectivity index (χ0) is 7.56. The standard InChI is InChI=1S/C5H4BrN3O/c6-4-3(5(7)10)8-1-2-9-4/h1-2H,(H2,7,10). The summed E-state index contributed by atoms with van der Waals surface area (Å²) in [7, 11) is 0. The van der Waals surface area contributed by atoms with Gasteiger partial charge >= 0.3 is 0 Å². The Labute approximate surface area is 65.6 Å². The number of primary amides is 1. The van der Waals surface area contributed by atoms with E-state index in [9.17, 15) is 4.79 Å². The number of hydrogen-bond acceptors (Lipinski definition) is 3. The van der Waals surface area contributed by atoms with Gasteiger partial charge in [-0.3, -0.25) is 4.79 Å². The van der Waals surface area contributed by atoms with Gasteiger partial charge in [-0.15, -0.1) is 0 Å². The van der Waals surface area contributed by atoms with E-state index >= 15 is 0 Å². The first-order valence-corrected chi connectivity index (χ1v) is 3.27. The molecule has 1 amide bonds. The number of carbonyl (C=O) groups excluding carboxylic acids is 1. The largest absolute Gasteiger partial charge is 0.364 e. The molecule has 1 rings (SSSR count). The van der Waals surface area contributed by atoms with Gasteiger partial charge in [0, 0.05) is 12.4 Å². The molecule has 0 aliphatic carbocycles. The minimum Gasteiger partial charge on any atom is -0.364 e. The molecule has 0 saturated carbocycles. The summed E-state index contributed by atoms with van der Waals surface area (Å²) >= 11 is 3.02. The van der Waals surface area contributed by atoms with Crippen molar-refractivity contribution in [2.75, 3.05) is 0 Å². The Kier molecular flexibility index (Phi) is 1.96. The molecule has 0 spiro atoms. The molecule has 0 unspecified atom stereocenters. The van der Waals surface area contributed by atoms with Gasteiger partial charge in [-0.1, -0.05) is 0 Å². The molecule has 1 aromatic rings. The zero-order valence-electron chi connectivity index (χ0n) is 4.91. The van der Waals surface area contributed by atoms with Gasteiger partial charge < -0.3 is 5.73 Å². The third-order valence-electron chi connectivity index (χ3n) is 0.887. The minimum absolute atomic E-state index is 0.155. The minimum atomic E-state index is -0.583. The molecule has 0 fully saturated rings. The van der Waals surface area contributed by atoms with Crippen LogP contribution in [0.15, 0.2) is 17.0 Å². The third-order valence-corrected chi connectivity index (χ3v) is 1.47. The molecular weight excluding hydrogens is 198 g/mol. The molecule has 0 bridgehead atoms. The highest BCUT2D eigenvalue weighted by Gasteiger charge is 2.05. The monoisotopic (exact) mass is 201 g/mol. The van der Waals surface area contributed by atoms with E-state index in [-0.39, 0.29) is 5.69 Å². The topological polar surface area (TPSA) is 68.9 Å². The Morgan fingerprint density at radius 3 is 2.50 bits per heavy atom. The van der Waals surface area contributed by atoms with Crippen molar-refractivity contribution in [3.8, 4) is 0 Å². The fraction of sp³-hybridized carbons (Fsp3) is 0. The Morgan fingerprint density at radius 1 is 1.50 bits per heavy atom. The predicted molar refractivity (Wildman–Crippen MR) is 38.2 cm³/mol. The maximum Gasteiger partial charge on any atom is 0.270 e. The van der Waals surface area contributed by atoms with E-state index in [2.05, 4.69) is 25.9 Å². The summed E-state index contributed by atoms with van der Waals surface area (Å²) in [6, 6.07) is 0. The highest BCUT2D eigenvalue weighted by Crippen LogP contribution is 2.07. The summed E-state index contributed by atoms with van der Waals surface area (Å²) in [5.41, 5.74) is 5.10. The maximum atomic E-state index is 10.5. The third kappa shape index (κ3) is 1.30. The van der Waals surface area contributed by atoms with E-state index in [1.165, 1.54) is 12.4 Å². The molecule has 2 N–H and O–H groups in total. The molecule has 52 valence electrons. The Bertz CT molecular complexity index is 263. The molecule has 0 aliphatic rings. The molecule has 10 heavy (non-hydrogen) atoms. The first kappa shape index (κ1) is 7.14. The van der Waals surface area contributed by atoms with Crippen LogP contribution in [0.1, 0.15) is 10.5 Å². The zero-order valence-corrected chi connectivity index (χ0v) is 6.50. The van der Waals surface area contributed by atoms with Crippen LogP contribution in [0.5, 0.6) is 0 Å². The second-order valence-corrected chi connectivity index (χ2v) is 2.31. The summed E-state index contributed by atoms with van der Waals surface area (Å²) in [5, 5.41) is 0. The lowest BCUT2D eigenvalue weighted by Crippen LogP contribution is -2.14. The van der Waals surface area contributed by atoms with Gasteiger partial charge in [0.2, 0.25) is 0 Å². The summed E-state index contributed by atoms with van der Waals surface area (Å²) in [6.07, 6.45) is 2.88. The van der Waals surface area contributed by atoms with Crippen molar-refractivity contribution in [2.45, 2.75) is 0 Å². The molecule has 1 heterocycles. The molecule has 1 aromatic heterocycles. The summed E-state index contributed by atoms with van der Waals surface area (Å²) in [6.45, 7) is 0. The molecule has 4 nitrogen and oxygen atoms in total. The average molecular weight is 202 g/mol. The fourth-order valence-electron chi connectivity index (χ4n) is 0.486. The van der Waals surface area contributed by atoms with Crippen molar-refractivity contribution in [3.63, 3.8) is 0 Å². The van der Waals surface area contributed by atoms with Crippen molar-refractivity contribution in [1.29, 1.82) is 0 Å². The molecule has 0 aromatic carbocycles. The number of nitrogens with zero attached hydrogens (tertiary/aromatic N) is 2. The number of nitrogens with two attached hydrogens (primary N) is 1.